The summed E-state index contributed by atoms with van der Waals surface area (Å²) in [6, 6.07) is 5.90. The van der Waals surface area contributed by atoms with Crippen molar-refractivity contribution in [1.82, 2.24) is 0 Å². The molecular weight excluding hydrogens is 204 g/mol. The monoisotopic (exact) mass is 220 g/mol. The normalized spacial score (nSPS) is 16.3. The highest BCUT2D eigenvalue weighted by atomic mass is 16.5. The molecule has 3 heteroatoms. The Kier molecular flexibility index (Phi) is 3.13. The molecule has 0 aliphatic heterocycles. The van der Waals surface area contributed by atoms with E-state index in [-0.39, 0.29) is 0 Å². The molecule has 0 bridgehead atoms. The summed E-state index contributed by atoms with van der Waals surface area (Å²) < 4.78 is 5.34. The molecule has 0 fully saturated rings. The lowest BCUT2D eigenvalue weighted by molar-refractivity contribution is -0.144. The van der Waals surface area contributed by atoms with Gasteiger partial charge in [0, 0.05) is 0 Å². The van der Waals surface area contributed by atoms with E-state index in [4.69, 9.17) is 9.84 Å². The zero-order chi connectivity index (χ0) is 11.5. The third kappa shape index (κ3) is 2.35. The highest BCUT2D eigenvalue weighted by molar-refractivity contribution is 5.72. The first-order valence-corrected chi connectivity index (χ1v) is 5.68. The van der Waals surface area contributed by atoms with E-state index in [1.807, 2.05) is 12.1 Å². The van der Waals surface area contributed by atoms with Crippen molar-refractivity contribution in [2.45, 2.75) is 38.7 Å². The summed E-state index contributed by atoms with van der Waals surface area (Å²) >= 11 is 0. The van der Waals surface area contributed by atoms with Crippen LogP contribution in [0.4, 0.5) is 0 Å². The van der Waals surface area contributed by atoms with Gasteiger partial charge < -0.3 is 9.84 Å². The maximum Gasteiger partial charge on any atom is 0.344 e. The van der Waals surface area contributed by atoms with Crippen LogP contribution in [0.15, 0.2) is 18.2 Å². The molecule has 0 saturated heterocycles. The lowest BCUT2D eigenvalue weighted by Gasteiger charge is -2.17. The van der Waals surface area contributed by atoms with Gasteiger partial charge in [0.1, 0.15) is 5.75 Å². The number of carboxylic acid groups (broad SMARTS) is 1. The van der Waals surface area contributed by atoms with Crippen molar-refractivity contribution in [2.24, 2.45) is 0 Å². The van der Waals surface area contributed by atoms with Crippen molar-refractivity contribution in [3.8, 4) is 5.75 Å². The van der Waals surface area contributed by atoms with Crippen LogP contribution in [0.3, 0.4) is 0 Å². The predicted molar refractivity (Wildman–Crippen MR) is 60.8 cm³/mol. The molecule has 0 saturated carbocycles. The first kappa shape index (κ1) is 11.0. The Morgan fingerprint density at radius 1 is 1.31 bits per heavy atom. The van der Waals surface area contributed by atoms with E-state index in [1.165, 1.54) is 24.0 Å². The summed E-state index contributed by atoms with van der Waals surface area (Å²) in [5, 5.41) is 8.76. The smallest absolute Gasteiger partial charge is 0.344 e. The summed E-state index contributed by atoms with van der Waals surface area (Å²) in [7, 11) is 0. The third-order valence-corrected chi connectivity index (χ3v) is 2.98. The Morgan fingerprint density at radius 3 is 2.69 bits per heavy atom. The minimum absolute atomic E-state index is 0.663. The van der Waals surface area contributed by atoms with Crippen molar-refractivity contribution < 1.29 is 14.6 Å². The predicted octanol–water partition coefficient (Wildman–Crippen LogP) is 2.42. The van der Waals surface area contributed by atoms with Gasteiger partial charge in [0.2, 0.25) is 0 Å². The molecule has 1 atom stereocenters. The molecule has 1 N–H and O–H groups in total. The Hall–Kier alpha value is -1.51. The number of aryl methyl sites for hydroxylation is 2. The molecular formula is C13H16O3. The maximum atomic E-state index is 10.7. The molecule has 0 spiro atoms. The fourth-order valence-corrected chi connectivity index (χ4v) is 2.04. The minimum Gasteiger partial charge on any atom is -0.479 e. The van der Waals surface area contributed by atoms with Crippen molar-refractivity contribution in [3.63, 3.8) is 0 Å². The average Bonchev–Trinajstić information content (AvgIpc) is 2.28. The van der Waals surface area contributed by atoms with E-state index in [0.29, 0.717) is 5.75 Å². The molecule has 1 aromatic carbocycles. The zero-order valence-corrected chi connectivity index (χ0v) is 9.40. The summed E-state index contributed by atoms with van der Waals surface area (Å²) in [6.45, 7) is 1.54. The van der Waals surface area contributed by atoms with Crippen LogP contribution in [0.5, 0.6) is 5.75 Å². The van der Waals surface area contributed by atoms with Gasteiger partial charge >= 0.3 is 5.97 Å². The fraction of sp³-hybridized carbons (Fsp3) is 0.462. The molecule has 3 nitrogen and oxygen atoms in total. The second-order valence-electron chi connectivity index (χ2n) is 4.24. The molecule has 1 aliphatic carbocycles. The van der Waals surface area contributed by atoms with Gasteiger partial charge in [0.05, 0.1) is 0 Å². The van der Waals surface area contributed by atoms with Crippen LogP contribution in [0.2, 0.25) is 0 Å². The first-order valence-electron chi connectivity index (χ1n) is 5.68. The van der Waals surface area contributed by atoms with Gasteiger partial charge in [-0.25, -0.2) is 4.79 Å². The van der Waals surface area contributed by atoms with Crippen LogP contribution in [0.1, 0.15) is 30.9 Å². The van der Waals surface area contributed by atoms with Crippen molar-refractivity contribution in [2.75, 3.05) is 0 Å². The largest absolute Gasteiger partial charge is 0.479 e. The summed E-state index contributed by atoms with van der Waals surface area (Å²) in [5.74, 6) is -0.270. The van der Waals surface area contributed by atoms with E-state index in [0.717, 1.165) is 12.8 Å². The lowest BCUT2D eigenvalue weighted by atomic mass is 9.92. The average molecular weight is 220 g/mol. The van der Waals surface area contributed by atoms with E-state index in [2.05, 4.69) is 6.07 Å². The van der Waals surface area contributed by atoms with Gasteiger partial charge in [-0.3, -0.25) is 0 Å². The lowest BCUT2D eigenvalue weighted by Crippen LogP contribution is -2.23. The van der Waals surface area contributed by atoms with Crippen LogP contribution in [-0.2, 0) is 17.6 Å². The number of hydrogen-bond acceptors (Lipinski definition) is 2. The quantitative estimate of drug-likeness (QED) is 0.850. The van der Waals surface area contributed by atoms with Gasteiger partial charge in [0.15, 0.2) is 6.10 Å². The van der Waals surface area contributed by atoms with Crippen LogP contribution in [0, 0.1) is 0 Å². The number of carboxylic acids is 1. The van der Waals surface area contributed by atoms with E-state index in [1.54, 1.807) is 6.92 Å². The van der Waals surface area contributed by atoms with Crippen molar-refractivity contribution >= 4 is 5.97 Å². The van der Waals surface area contributed by atoms with Crippen molar-refractivity contribution in [1.29, 1.82) is 0 Å². The first-order chi connectivity index (χ1) is 7.66. The highest BCUT2D eigenvalue weighted by Gasteiger charge is 2.14. The molecule has 0 aromatic heterocycles. The van der Waals surface area contributed by atoms with Crippen molar-refractivity contribution in [3.05, 3.63) is 29.3 Å². The molecule has 2 rings (SSSR count). The van der Waals surface area contributed by atoms with Crippen LogP contribution in [-0.4, -0.2) is 17.2 Å². The Balaban J connectivity index is 2.14. The third-order valence-electron chi connectivity index (χ3n) is 2.98. The summed E-state index contributed by atoms with van der Waals surface area (Å²) in [6.07, 6.45) is 3.88. The molecule has 1 aliphatic rings. The number of rotatable bonds is 3. The van der Waals surface area contributed by atoms with Crippen LogP contribution < -0.4 is 4.74 Å². The Bertz CT molecular complexity index is 398. The van der Waals surface area contributed by atoms with Gasteiger partial charge in [-0.15, -0.1) is 0 Å². The molecule has 0 unspecified atom stereocenters. The molecule has 0 heterocycles. The molecule has 1 aromatic rings. The van der Waals surface area contributed by atoms with Gasteiger partial charge in [-0.2, -0.15) is 0 Å². The Labute approximate surface area is 95.0 Å². The standard InChI is InChI=1S/C13H16O3/c1-9(13(14)15)16-12-7-6-10-4-2-3-5-11(10)8-12/h6-9H,2-5H2,1H3,(H,14,15)/t9-/m0/s1. The van der Waals surface area contributed by atoms with Crippen LogP contribution >= 0.6 is 0 Å². The molecule has 16 heavy (non-hydrogen) atoms. The number of aliphatic carboxylic acids is 1. The topological polar surface area (TPSA) is 46.5 Å². The van der Waals surface area contributed by atoms with E-state index < -0.39 is 12.1 Å². The van der Waals surface area contributed by atoms with Gasteiger partial charge in [-0.05, 0) is 55.9 Å². The number of hydrogen-bond donors (Lipinski definition) is 1. The number of ether oxygens (including phenoxy) is 1. The Morgan fingerprint density at radius 2 is 2.00 bits per heavy atom. The van der Waals surface area contributed by atoms with E-state index in [9.17, 15) is 4.79 Å². The van der Waals surface area contributed by atoms with E-state index >= 15 is 0 Å². The molecule has 0 amide bonds. The fourth-order valence-electron chi connectivity index (χ4n) is 2.04. The molecule has 86 valence electrons. The zero-order valence-electron chi connectivity index (χ0n) is 9.40. The second kappa shape index (κ2) is 4.56. The highest BCUT2D eigenvalue weighted by Crippen LogP contribution is 2.25. The number of fused-ring (bicyclic) bond motifs is 1. The number of carbonyl (C=O) groups is 1. The van der Waals surface area contributed by atoms with Crippen LogP contribution in [0.25, 0.3) is 0 Å². The minimum atomic E-state index is -0.933. The molecule has 0 radical (unpaired) electrons. The summed E-state index contributed by atoms with van der Waals surface area (Å²) in [5.41, 5.74) is 2.68. The number of benzene rings is 1. The maximum absolute atomic E-state index is 10.7. The second-order valence-corrected chi connectivity index (χ2v) is 4.24. The van der Waals surface area contributed by atoms with Gasteiger partial charge in [-0.1, -0.05) is 6.07 Å². The van der Waals surface area contributed by atoms with Gasteiger partial charge in [0.25, 0.3) is 0 Å². The summed E-state index contributed by atoms with van der Waals surface area (Å²) in [4.78, 5) is 10.7. The SMILES string of the molecule is C[C@H](Oc1ccc2c(c1)CCCC2)C(=O)O.